The lowest BCUT2D eigenvalue weighted by Gasteiger charge is -2.06. The molecule has 1 amide bonds. The van der Waals surface area contributed by atoms with Crippen molar-refractivity contribution in [2.75, 3.05) is 0 Å². The molecule has 0 aliphatic carbocycles. The van der Waals surface area contributed by atoms with Crippen molar-refractivity contribution in [3.05, 3.63) is 29.8 Å². The molecule has 0 bridgehead atoms. The van der Waals surface area contributed by atoms with Gasteiger partial charge in [0, 0.05) is 6.42 Å². The number of phenolic OH excluding ortho intramolecular Hbond substituents is 1. The van der Waals surface area contributed by atoms with Crippen molar-refractivity contribution in [3.63, 3.8) is 0 Å². The van der Waals surface area contributed by atoms with Crippen LogP contribution < -0.4 is 17.0 Å². The average Bonchev–Trinajstić information content (AvgIpc) is 2.20. The summed E-state index contributed by atoms with van der Waals surface area (Å²) in [6.45, 7) is 0. The van der Waals surface area contributed by atoms with E-state index in [0.717, 1.165) is 5.56 Å². The number of nitrogens with two attached hydrogens (primary N) is 1. The van der Waals surface area contributed by atoms with Crippen molar-refractivity contribution in [1.29, 1.82) is 0 Å². The molecule has 0 saturated carbocycles. The zero-order chi connectivity index (χ0) is 10.6. The highest BCUT2D eigenvalue weighted by Gasteiger charge is 2.15. The Hall–Kier alpha value is -1.59. The van der Waals surface area contributed by atoms with Gasteiger partial charge in [0.25, 0.3) is 5.91 Å². The highest BCUT2D eigenvalue weighted by molar-refractivity contribution is 5.79. The van der Waals surface area contributed by atoms with Gasteiger partial charge in [-0.2, -0.15) is 0 Å². The zero-order valence-corrected chi connectivity index (χ0v) is 7.73. The minimum Gasteiger partial charge on any atom is -0.508 e. The molecule has 0 aliphatic heterocycles. The van der Waals surface area contributed by atoms with Crippen LogP contribution in [0.5, 0.6) is 5.75 Å². The second-order valence-electron chi connectivity index (χ2n) is 3.08. The Morgan fingerprint density at radius 2 is 2.07 bits per heavy atom. The Labute approximate surface area is 81.7 Å². The van der Waals surface area contributed by atoms with Gasteiger partial charge in [0.05, 0.1) is 0 Å². The van der Waals surface area contributed by atoms with Crippen LogP contribution in [0, 0.1) is 0 Å². The number of phenols is 1. The zero-order valence-electron chi connectivity index (χ0n) is 7.73. The summed E-state index contributed by atoms with van der Waals surface area (Å²) in [6, 6.07) is 6.23. The molecule has 14 heavy (non-hydrogen) atoms. The SMILES string of the molecule is NNC(=O)[C@@H]([NH3+])Cc1ccc(O)cc1. The first-order valence-corrected chi connectivity index (χ1v) is 4.25. The summed E-state index contributed by atoms with van der Waals surface area (Å²) < 4.78 is 0. The normalized spacial score (nSPS) is 12.1. The first-order chi connectivity index (χ1) is 6.63. The maximum absolute atomic E-state index is 11.0. The monoisotopic (exact) mass is 196 g/mol. The van der Waals surface area contributed by atoms with Crippen LogP contribution in [0.2, 0.25) is 0 Å². The summed E-state index contributed by atoms with van der Waals surface area (Å²) in [5.41, 5.74) is 6.65. The molecule has 0 unspecified atom stereocenters. The third-order valence-corrected chi connectivity index (χ3v) is 1.93. The molecule has 1 aromatic rings. The summed E-state index contributed by atoms with van der Waals surface area (Å²) in [5, 5.41) is 9.03. The van der Waals surface area contributed by atoms with Crippen LogP contribution in [-0.2, 0) is 11.2 Å². The van der Waals surface area contributed by atoms with E-state index in [9.17, 15) is 4.79 Å². The second kappa shape index (κ2) is 4.59. The summed E-state index contributed by atoms with van der Waals surface area (Å²) in [5.74, 6) is 4.88. The number of amides is 1. The van der Waals surface area contributed by atoms with Crippen molar-refractivity contribution in [2.45, 2.75) is 12.5 Å². The average molecular weight is 196 g/mol. The molecule has 1 atom stereocenters. The summed E-state index contributed by atoms with van der Waals surface area (Å²) >= 11 is 0. The molecule has 1 rings (SSSR count). The molecule has 5 nitrogen and oxygen atoms in total. The topological polar surface area (TPSA) is 103 Å². The fourth-order valence-corrected chi connectivity index (χ4v) is 1.13. The van der Waals surface area contributed by atoms with Gasteiger partial charge in [0.1, 0.15) is 5.75 Å². The van der Waals surface area contributed by atoms with E-state index in [1.165, 1.54) is 0 Å². The van der Waals surface area contributed by atoms with Gasteiger partial charge in [-0.3, -0.25) is 10.2 Å². The fourth-order valence-electron chi connectivity index (χ4n) is 1.13. The molecule has 0 saturated heterocycles. The van der Waals surface area contributed by atoms with Gasteiger partial charge < -0.3 is 10.8 Å². The Morgan fingerprint density at radius 3 is 2.57 bits per heavy atom. The Morgan fingerprint density at radius 1 is 1.50 bits per heavy atom. The summed E-state index contributed by atoms with van der Waals surface area (Å²) in [4.78, 5) is 11.0. The predicted molar refractivity (Wildman–Crippen MR) is 50.8 cm³/mol. The van der Waals surface area contributed by atoms with E-state index in [1.54, 1.807) is 24.3 Å². The number of hydrogen-bond acceptors (Lipinski definition) is 3. The number of benzene rings is 1. The van der Waals surface area contributed by atoms with Gasteiger partial charge in [-0.1, -0.05) is 12.1 Å². The van der Waals surface area contributed by atoms with Gasteiger partial charge >= 0.3 is 0 Å². The second-order valence-corrected chi connectivity index (χ2v) is 3.08. The van der Waals surface area contributed by atoms with Crippen molar-refractivity contribution in [3.8, 4) is 5.75 Å². The van der Waals surface area contributed by atoms with Crippen molar-refractivity contribution < 1.29 is 15.6 Å². The van der Waals surface area contributed by atoms with E-state index in [0.29, 0.717) is 6.42 Å². The lowest BCUT2D eigenvalue weighted by Crippen LogP contribution is -2.69. The van der Waals surface area contributed by atoms with Crippen LogP contribution in [0.1, 0.15) is 5.56 Å². The number of quaternary nitrogens is 1. The molecule has 7 N–H and O–H groups in total. The highest BCUT2D eigenvalue weighted by atomic mass is 16.3. The molecule has 0 aromatic heterocycles. The largest absolute Gasteiger partial charge is 0.508 e. The Bertz CT molecular complexity index is 310. The van der Waals surface area contributed by atoms with Gasteiger partial charge in [-0.15, -0.1) is 0 Å². The third-order valence-electron chi connectivity index (χ3n) is 1.93. The molecule has 76 valence electrons. The number of carbonyl (C=O) groups excluding carboxylic acids is 1. The van der Waals surface area contributed by atoms with E-state index >= 15 is 0 Å². The lowest BCUT2D eigenvalue weighted by molar-refractivity contribution is -0.403. The maximum atomic E-state index is 11.0. The Kier molecular flexibility index (Phi) is 3.44. The van der Waals surface area contributed by atoms with Gasteiger partial charge in [-0.05, 0) is 17.7 Å². The molecular weight excluding hydrogens is 182 g/mol. The molecule has 0 aliphatic rings. The van der Waals surface area contributed by atoms with Crippen molar-refractivity contribution in [1.82, 2.24) is 5.43 Å². The van der Waals surface area contributed by atoms with E-state index in [-0.39, 0.29) is 11.7 Å². The number of carbonyl (C=O) groups is 1. The molecule has 0 heterocycles. The number of hydrogen-bond donors (Lipinski definition) is 4. The first-order valence-electron chi connectivity index (χ1n) is 4.25. The van der Waals surface area contributed by atoms with E-state index in [2.05, 4.69) is 5.73 Å². The Balaban J connectivity index is 2.60. The predicted octanol–water partition coefficient (Wildman–Crippen LogP) is -1.46. The third kappa shape index (κ3) is 2.72. The van der Waals surface area contributed by atoms with Gasteiger partial charge in [0.2, 0.25) is 0 Å². The molecule has 5 heteroatoms. The molecule has 1 aromatic carbocycles. The van der Waals surface area contributed by atoms with Gasteiger partial charge in [-0.25, -0.2) is 5.84 Å². The molecule has 0 fully saturated rings. The molecule has 0 spiro atoms. The fraction of sp³-hybridized carbons (Fsp3) is 0.222. The smallest absolute Gasteiger partial charge is 0.292 e. The van der Waals surface area contributed by atoms with Crippen LogP contribution in [0.15, 0.2) is 24.3 Å². The number of aromatic hydroxyl groups is 1. The lowest BCUT2D eigenvalue weighted by atomic mass is 10.1. The van der Waals surface area contributed by atoms with Crippen LogP contribution in [0.25, 0.3) is 0 Å². The number of rotatable bonds is 3. The van der Waals surface area contributed by atoms with E-state index in [1.807, 2.05) is 5.43 Å². The molecule has 0 radical (unpaired) electrons. The number of hydrazine groups is 1. The quantitative estimate of drug-likeness (QED) is 0.270. The summed E-state index contributed by atoms with van der Waals surface area (Å²) in [6.07, 6.45) is 0.503. The van der Waals surface area contributed by atoms with Crippen molar-refractivity contribution in [2.24, 2.45) is 5.84 Å². The van der Waals surface area contributed by atoms with Crippen LogP contribution in [0.4, 0.5) is 0 Å². The molecular formula is C9H14N3O2+. The van der Waals surface area contributed by atoms with Crippen LogP contribution in [0.3, 0.4) is 0 Å². The van der Waals surface area contributed by atoms with E-state index < -0.39 is 6.04 Å². The standard InChI is InChI=1S/C9H13N3O2/c10-8(9(14)12-11)5-6-1-3-7(13)4-2-6/h1-4,8,13H,5,10-11H2,(H,12,14)/p+1/t8-/m0/s1. The minimum atomic E-state index is -0.412. The summed E-state index contributed by atoms with van der Waals surface area (Å²) in [7, 11) is 0. The minimum absolute atomic E-state index is 0.206. The van der Waals surface area contributed by atoms with Crippen LogP contribution in [-0.4, -0.2) is 17.1 Å². The van der Waals surface area contributed by atoms with Crippen molar-refractivity contribution >= 4 is 5.91 Å². The van der Waals surface area contributed by atoms with Gasteiger partial charge in [0.15, 0.2) is 6.04 Å². The van der Waals surface area contributed by atoms with Crippen LogP contribution >= 0.6 is 0 Å². The maximum Gasteiger partial charge on any atom is 0.292 e. The highest BCUT2D eigenvalue weighted by Crippen LogP contribution is 2.10. The number of nitrogens with one attached hydrogen (secondary N) is 1. The first kappa shape index (κ1) is 10.5. The van der Waals surface area contributed by atoms with E-state index in [4.69, 9.17) is 10.9 Å².